The summed E-state index contributed by atoms with van der Waals surface area (Å²) in [6.07, 6.45) is 0. The van der Waals surface area contributed by atoms with Gasteiger partial charge >= 0.3 is 0 Å². The summed E-state index contributed by atoms with van der Waals surface area (Å²) >= 11 is 6.06. The standard InChI is InChI=1S/C19H22ClFN2O2/c1-23(2)17(13-4-7-15(21)8-5-13)11-22-12-18(24)14-6-9-19(25-3)16(20)10-14/h4-10,17,22H,11-12H2,1-3H3. The summed E-state index contributed by atoms with van der Waals surface area (Å²) in [5.41, 5.74) is 1.51. The van der Waals surface area contributed by atoms with Crippen LogP contribution in [0.3, 0.4) is 0 Å². The quantitative estimate of drug-likeness (QED) is 0.727. The molecule has 0 aliphatic carbocycles. The van der Waals surface area contributed by atoms with Crippen molar-refractivity contribution in [1.29, 1.82) is 0 Å². The Bertz CT molecular complexity index is 720. The molecule has 0 aromatic heterocycles. The lowest BCUT2D eigenvalue weighted by Gasteiger charge is -2.25. The summed E-state index contributed by atoms with van der Waals surface area (Å²) in [6, 6.07) is 11.4. The number of ether oxygens (including phenoxy) is 1. The van der Waals surface area contributed by atoms with Crippen molar-refractivity contribution in [3.63, 3.8) is 0 Å². The van der Waals surface area contributed by atoms with E-state index < -0.39 is 0 Å². The number of carbonyl (C=O) groups excluding carboxylic acids is 1. The molecular weight excluding hydrogens is 343 g/mol. The minimum Gasteiger partial charge on any atom is -0.495 e. The predicted octanol–water partition coefficient (Wildman–Crippen LogP) is 3.56. The number of benzene rings is 2. The second-order valence-electron chi connectivity index (χ2n) is 5.93. The second kappa shape index (κ2) is 8.94. The molecule has 1 unspecified atom stereocenters. The number of halogens is 2. The summed E-state index contributed by atoms with van der Waals surface area (Å²) in [5, 5.41) is 3.58. The van der Waals surface area contributed by atoms with Crippen molar-refractivity contribution in [2.45, 2.75) is 6.04 Å². The maximum atomic E-state index is 13.1. The van der Waals surface area contributed by atoms with Crippen LogP contribution in [0.15, 0.2) is 42.5 Å². The van der Waals surface area contributed by atoms with Gasteiger partial charge in [0.2, 0.25) is 0 Å². The van der Waals surface area contributed by atoms with E-state index in [1.54, 1.807) is 30.3 Å². The molecule has 0 bridgehead atoms. The van der Waals surface area contributed by atoms with Crippen LogP contribution >= 0.6 is 11.6 Å². The van der Waals surface area contributed by atoms with Gasteiger partial charge in [-0.2, -0.15) is 0 Å². The number of Topliss-reactive ketones (excluding diaryl/α,β-unsaturated/α-hetero) is 1. The Morgan fingerprint density at radius 2 is 1.92 bits per heavy atom. The molecule has 0 aliphatic heterocycles. The van der Waals surface area contributed by atoms with E-state index in [0.29, 0.717) is 22.9 Å². The fourth-order valence-electron chi connectivity index (χ4n) is 2.55. The first-order chi connectivity index (χ1) is 11.9. The second-order valence-corrected chi connectivity index (χ2v) is 6.34. The number of hydrogen-bond acceptors (Lipinski definition) is 4. The van der Waals surface area contributed by atoms with Crippen molar-refractivity contribution in [2.24, 2.45) is 0 Å². The molecule has 1 N–H and O–H groups in total. The lowest BCUT2D eigenvalue weighted by atomic mass is 10.1. The highest BCUT2D eigenvalue weighted by atomic mass is 35.5. The first-order valence-electron chi connectivity index (χ1n) is 7.91. The summed E-state index contributed by atoms with van der Waals surface area (Å²) in [5.74, 6) is 0.220. The smallest absolute Gasteiger partial charge is 0.176 e. The molecule has 2 aromatic carbocycles. The van der Waals surface area contributed by atoms with E-state index in [2.05, 4.69) is 5.32 Å². The molecule has 2 rings (SSSR count). The van der Waals surface area contributed by atoms with Crippen LogP contribution in [0, 0.1) is 5.82 Å². The Morgan fingerprint density at radius 1 is 1.24 bits per heavy atom. The van der Waals surface area contributed by atoms with Crippen LogP contribution in [0.2, 0.25) is 5.02 Å². The van der Waals surface area contributed by atoms with E-state index in [9.17, 15) is 9.18 Å². The molecule has 4 nitrogen and oxygen atoms in total. The van der Waals surface area contributed by atoms with Crippen molar-refractivity contribution in [3.8, 4) is 5.75 Å². The SMILES string of the molecule is COc1ccc(C(=O)CNCC(c2ccc(F)cc2)N(C)C)cc1Cl. The van der Waals surface area contributed by atoms with Crippen LogP contribution in [0.5, 0.6) is 5.75 Å². The van der Waals surface area contributed by atoms with Gasteiger partial charge < -0.3 is 15.0 Å². The molecule has 6 heteroatoms. The first-order valence-corrected chi connectivity index (χ1v) is 8.29. The topological polar surface area (TPSA) is 41.6 Å². The monoisotopic (exact) mass is 364 g/mol. The Labute approximate surface area is 152 Å². The third-order valence-electron chi connectivity index (χ3n) is 3.98. The molecule has 0 spiro atoms. The lowest BCUT2D eigenvalue weighted by Crippen LogP contribution is -2.33. The zero-order chi connectivity index (χ0) is 18.4. The molecule has 134 valence electrons. The summed E-state index contributed by atoms with van der Waals surface area (Å²) in [4.78, 5) is 14.3. The molecule has 0 saturated carbocycles. The van der Waals surface area contributed by atoms with Crippen molar-refractivity contribution in [1.82, 2.24) is 10.2 Å². The third-order valence-corrected chi connectivity index (χ3v) is 4.27. The number of nitrogens with one attached hydrogen (secondary N) is 1. The number of ketones is 1. The van der Waals surface area contributed by atoms with E-state index in [1.165, 1.54) is 19.2 Å². The largest absolute Gasteiger partial charge is 0.495 e. The average molecular weight is 365 g/mol. The van der Waals surface area contributed by atoms with Crippen LogP contribution in [0.1, 0.15) is 22.0 Å². The summed E-state index contributed by atoms with van der Waals surface area (Å²) < 4.78 is 18.2. The maximum Gasteiger partial charge on any atom is 0.176 e. The zero-order valence-electron chi connectivity index (χ0n) is 14.6. The van der Waals surface area contributed by atoms with Gasteiger partial charge in [0.15, 0.2) is 5.78 Å². The van der Waals surface area contributed by atoms with Crippen molar-refractivity contribution in [2.75, 3.05) is 34.3 Å². The van der Waals surface area contributed by atoms with Gasteiger partial charge in [0, 0.05) is 18.2 Å². The van der Waals surface area contributed by atoms with E-state index in [4.69, 9.17) is 16.3 Å². The fourth-order valence-corrected chi connectivity index (χ4v) is 2.81. The molecular formula is C19H22ClFN2O2. The number of likely N-dealkylation sites (N-methyl/N-ethyl adjacent to an activating group) is 1. The van der Waals surface area contributed by atoms with Crippen molar-refractivity contribution >= 4 is 17.4 Å². The minimum absolute atomic E-state index is 0.0351. The molecule has 2 aromatic rings. The third kappa shape index (κ3) is 5.26. The van der Waals surface area contributed by atoms with Crippen molar-refractivity contribution < 1.29 is 13.9 Å². The molecule has 25 heavy (non-hydrogen) atoms. The predicted molar refractivity (Wildman–Crippen MR) is 98.0 cm³/mol. The molecule has 0 fully saturated rings. The van der Waals surface area contributed by atoms with Gasteiger partial charge in [-0.05, 0) is 50.0 Å². The fraction of sp³-hybridized carbons (Fsp3) is 0.316. The van der Waals surface area contributed by atoms with E-state index in [-0.39, 0.29) is 24.2 Å². The highest BCUT2D eigenvalue weighted by molar-refractivity contribution is 6.32. The van der Waals surface area contributed by atoms with Gasteiger partial charge in [-0.1, -0.05) is 23.7 Å². The average Bonchev–Trinajstić information content (AvgIpc) is 2.59. The lowest BCUT2D eigenvalue weighted by molar-refractivity contribution is 0.0988. The van der Waals surface area contributed by atoms with Gasteiger partial charge in [-0.25, -0.2) is 4.39 Å². The van der Waals surface area contributed by atoms with Crippen LogP contribution < -0.4 is 10.1 Å². The van der Waals surface area contributed by atoms with E-state index in [1.807, 2.05) is 19.0 Å². The van der Waals surface area contributed by atoms with E-state index >= 15 is 0 Å². The minimum atomic E-state index is -0.263. The molecule has 0 aliphatic rings. The van der Waals surface area contributed by atoms with Crippen LogP contribution in [-0.2, 0) is 0 Å². The van der Waals surface area contributed by atoms with Gasteiger partial charge in [-0.3, -0.25) is 4.79 Å². The van der Waals surface area contributed by atoms with Crippen molar-refractivity contribution in [3.05, 3.63) is 64.4 Å². The zero-order valence-corrected chi connectivity index (χ0v) is 15.3. The van der Waals surface area contributed by atoms with Crippen LogP contribution in [0.4, 0.5) is 4.39 Å². The van der Waals surface area contributed by atoms with Gasteiger partial charge in [0.25, 0.3) is 0 Å². The van der Waals surface area contributed by atoms with Gasteiger partial charge in [0.1, 0.15) is 11.6 Å². The molecule has 0 amide bonds. The number of nitrogens with zero attached hydrogens (tertiary/aromatic N) is 1. The Hall–Kier alpha value is -1.95. The van der Waals surface area contributed by atoms with Gasteiger partial charge in [0.05, 0.1) is 18.7 Å². The highest BCUT2D eigenvalue weighted by Crippen LogP contribution is 2.25. The Morgan fingerprint density at radius 3 is 2.48 bits per heavy atom. The number of carbonyl (C=O) groups is 1. The van der Waals surface area contributed by atoms with Crippen LogP contribution in [-0.4, -0.2) is 45.0 Å². The number of methoxy groups -OCH3 is 1. The van der Waals surface area contributed by atoms with Gasteiger partial charge in [-0.15, -0.1) is 0 Å². The molecule has 1 atom stereocenters. The normalized spacial score (nSPS) is 12.2. The van der Waals surface area contributed by atoms with E-state index in [0.717, 1.165) is 5.56 Å². The summed E-state index contributed by atoms with van der Waals surface area (Å²) in [6.45, 7) is 0.752. The number of hydrogen-bond donors (Lipinski definition) is 1. The maximum absolute atomic E-state index is 13.1. The van der Waals surface area contributed by atoms with Crippen LogP contribution in [0.25, 0.3) is 0 Å². The Balaban J connectivity index is 1.96. The highest BCUT2D eigenvalue weighted by Gasteiger charge is 2.15. The summed E-state index contributed by atoms with van der Waals surface area (Å²) in [7, 11) is 5.42. The molecule has 0 radical (unpaired) electrons. The molecule has 0 saturated heterocycles. The molecule has 0 heterocycles. The first kappa shape index (κ1) is 19.4. The Kier molecular flexibility index (Phi) is 6.93. The number of rotatable bonds is 8.